The molecule has 2 heterocycles. The summed E-state index contributed by atoms with van der Waals surface area (Å²) >= 11 is 0. The smallest absolute Gasteiger partial charge is 0.331 e. The molecule has 0 amide bonds. The van der Waals surface area contributed by atoms with Crippen molar-refractivity contribution in [2.75, 3.05) is 6.61 Å². The van der Waals surface area contributed by atoms with Crippen LogP contribution >= 0.6 is 0 Å². The molecule has 8 heteroatoms. The molecule has 1 aromatic heterocycles. The number of aliphatic hydroxyl groups excluding tert-OH is 3. The second kappa shape index (κ2) is 4.64. The zero-order valence-corrected chi connectivity index (χ0v) is 9.68. The highest BCUT2D eigenvalue weighted by Gasteiger charge is 2.55. The van der Waals surface area contributed by atoms with Gasteiger partial charge in [-0.25, -0.2) is 4.79 Å². The van der Waals surface area contributed by atoms with Crippen LogP contribution in [0.4, 0.5) is 0 Å². The number of terminal acetylenes is 1. The van der Waals surface area contributed by atoms with E-state index in [9.17, 15) is 19.8 Å². The van der Waals surface area contributed by atoms with E-state index in [2.05, 4.69) is 5.92 Å². The van der Waals surface area contributed by atoms with Gasteiger partial charge in [0.25, 0.3) is 5.56 Å². The van der Waals surface area contributed by atoms with Crippen LogP contribution in [-0.4, -0.2) is 49.8 Å². The van der Waals surface area contributed by atoms with Gasteiger partial charge in [0.15, 0.2) is 0 Å². The minimum absolute atomic E-state index is 0.584. The van der Waals surface area contributed by atoms with Crippen LogP contribution in [0.15, 0.2) is 21.9 Å². The van der Waals surface area contributed by atoms with Crippen LogP contribution in [0.1, 0.15) is 0 Å². The van der Waals surface area contributed by atoms with E-state index in [0.717, 1.165) is 16.8 Å². The first-order valence-electron chi connectivity index (χ1n) is 5.41. The molecule has 1 aliphatic heterocycles. The lowest BCUT2D eigenvalue weighted by Gasteiger charge is -2.28. The van der Waals surface area contributed by atoms with Gasteiger partial charge in [-0.1, -0.05) is 0 Å². The van der Waals surface area contributed by atoms with Crippen LogP contribution in [0.3, 0.4) is 0 Å². The average Bonchev–Trinajstić information content (AvgIpc) is 2.64. The van der Waals surface area contributed by atoms with Gasteiger partial charge in [0.05, 0.1) is 6.61 Å². The lowest BCUT2D eigenvalue weighted by Crippen LogP contribution is -2.50. The van der Waals surface area contributed by atoms with Gasteiger partial charge in [-0.2, -0.15) is 0 Å². The third kappa shape index (κ3) is 1.89. The van der Waals surface area contributed by atoms with E-state index in [0.29, 0.717) is 0 Å². The molecule has 0 bridgehead atoms. The van der Waals surface area contributed by atoms with Crippen LogP contribution in [0.2, 0.25) is 0 Å². The van der Waals surface area contributed by atoms with Gasteiger partial charge in [-0.05, 0) is 5.92 Å². The molecule has 0 aromatic carbocycles. The Hall–Kier alpha value is -1.92. The monoisotopic (exact) mass is 268 g/mol. The summed E-state index contributed by atoms with van der Waals surface area (Å²) in [6.07, 6.45) is 2.13. The molecule has 4 N–H and O–H groups in total. The van der Waals surface area contributed by atoms with Crippen molar-refractivity contribution in [2.45, 2.75) is 24.0 Å². The molecule has 0 radical (unpaired) electrons. The summed E-state index contributed by atoms with van der Waals surface area (Å²) in [6, 6.07) is 1.02. The van der Waals surface area contributed by atoms with E-state index >= 15 is 0 Å². The average molecular weight is 268 g/mol. The lowest BCUT2D eigenvalue weighted by atomic mass is 10.0. The van der Waals surface area contributed by atoms with Gasteiger partial charge in [-0.15, -0.1) is 6.42 Å². The molecule has 1 aromatic rings. The Morgan fingerprint density at radius 1 is 1.53 bits per heavy atom. The Labute approximate surface area is 106 Å². The number of aromatic nitrogens is 2. The topological polar surface area (TPSA) is 125 Å². The second-order valence-electron chi connectivity index (χ2n) is 4.10. The lowest BCUT2D eigenvalue weighted by molar-refractivity contribution is -0.107. The van der Waals surface area contributed by atoms with Crippen molar-refractivity contribution in [3.63, 3.8) is 0 Å². The van der Waals surface area contributed by atoms with Crippen molar-refractivity contribution in [3.8, 4) is 12.3 Å². The summed E-state index contributed by atoms with van der Waals surface area (Å²) in [7, 11) is 0. The highest BCUT2D eigenvalue weighted by Crippen LogP contribution is 2.33. The zero-order valence-electron chi connectivity index (χ0n) is 9.68. The third-order valence-electron chi connectivity index (χ3n) is 3.00. The number of aromatic amines is 1. The van der Waals surface area contributed by atoms with Gasteiger partial charge in [0.1, 0.15) is 18.3 Å². The van der Waals surface area contributed by atoms with Crippen molar-refractivity contribution in [3.05, 3.63) is 33.1 Å². The third-order valence-corrected chi connectivity index (χ3v) is 3.00. The molecule has 102 valence electrons. The first kappa shape index (κ1) is 13.5. The molecule has 2 rings (SSSR count). The molecular formula is C11H12N2O6. The van der Waals surface area contributed by atoms with Gasteiger partial charge in [0, 0.05) is 12.3 Å². The van der Waals surface area contributed by atoms with Crippen molar-refractivity contribution in [1.29, 1.82) is 0 Å². The van der Waals surface area contributed by atoms with E-state index in [-0.39, 0.29) is 0 Å². The minimum atomic E-state index is -1.98. The summed E-state index contributed by atoms with van der Waals surface area (Å²) in [5.41, 5.74) is -3.51. The molecule has 1 saturated heterocycles. The summed E-state index contributed by atoms with van der Waals surface area (Å²) in [6.45, 7) is -0.584. The van der Waals surface area contributed by atoms with Crippen LogP contribution in [-0.2, 0) is 10.5 Å². The van der Waals surface area contributed by atoms with Crippen LogP contribution < -0.4 is 11.2 Å². The Morgan fingerprint density at radius 2 is 2.21 bits per heavy atom. The Bertz CT molecular complexity index is 629. The SMILES string of the molecule is C#C[C@]1(n2ccc(=O)[nH]c2=O)O[C@H](CO)[C@@H](O)[C@H]1O. The van der Waals surface area contributed by atoms with E-state index < -0.39 is 41.9 Å². The van der Waals surface area contributed by atoms with Crippen molar-refractivity contribution >= 4 is 0 Å². The standard InChI is InChI=1S/C11H12N2O6/c1-2-11(9(17)8(16)6(5-14)19-11)13-4-3-7(15)12-10(13)18/h1,3-4,6,8-9,14,16-17H,5H2,(H,12,15,18)/t6-,8-,9-,11+/m1/s1. The van der Waals surface area contributed by atoms with Gasteiger partial charge < -0.3 is 20.1 Å². The fourth-order valence-electron chi connectivity index (χ4n) is 2.02. The fraction of sp³-hybridized carbons (Fsp3) is 0.455. The van der Waals surface area contributed by atoms with Gasteiger partial charge >= 0.3 is 5.69 Å². The van der Waals surface area contributed by atoms with E-state index in [1.807, 2.05) is 4.98 Å². The van der Waals surface area contributed by atoms with Crippen LogP contribution in [0, 0.1) is 12.3 Å². The molecule has 0 saturated carbocycles. The largest absolute Gasteiger partial charge is 0.394 e. The maximum Gasteiger partial charge on any atom is 0.331 e. The summed E-state index contributed by atoms with van der Waals surface area (Å²) < 4.78 is 6.02. The summed E-state index contributed by atoms with van der Waals surface area (Å²) in [4.78, 5) is 24.7. The van der Waals surface area contributed by atoms with Crippen molar-refractivity contribution < 1.29 is 20.1 Å². The van der Waals surface area contributed by atoms with E-state index in [4.69, 9.17) is 16.3 Å². The number of H-pyrrole nitrogens is 1. The number of nitrogens with zero attached hydrogens (tertiary/aromatic N) is 1. The predicted octanol–water partition coefficient (Wildman–Crippen LogP) is -3.06. The molecule has 4 atom stereocenters. The van der Waals surface area contributed by atoms with Gasteiger partial charge in [-0.3, -0.25) is 14.3 Å². The number of nitrogens with one attached hydrogen (secondary N) is 1. The normalized spacial score (nSPS) is 34.1. The van der Waals surface area contributed by atoms with E-state index in [1.165, 1.54) is 0 Å². The van der Waals surface area contributed by atoms with Crippen molar-refractivity contribution in [2.24, 2.45) is 0 Å². The maximum absolute atomic E-state index is 11.7. The molecule has 1 aliphatic rings. The van der Waals surface area contributed by atoms with Crippen molar-refractivity contribution in [1.82, 2.24) is 9.55 Å². The highest BCUT2D eigenvalue weighted by atomic mass is 16.6. The zero-order chi connectivity index (χ0) is 14.2. The minimum Gasteiger partial charge on any atom is -0.394 e. The molecule has 0 aliphatic carbocycles. The number of aliphatic hydroxyl groups is 3. The van der Waals surface area contributed by atoms with Crippen LogP contribution in [0.5, 0.6) is 0 Å². The van der Waals surface area contributed by atoms with Crippen LogP contribution in [0.25, 0.3) is 0 Å². The van der Waals surface area contributed by atoms with E-state index in [1.54, 1.807) is 0 Å². The fourth-order valence-corrected chi connectivity index (χ4v) is 2.02. The Kier molecular flexibility index (Phi) is 3.30. The quantitative estimate of drug-likeness (QED) is 0.422. The highest BCUT2D eigenvalue weighted by molar-refractivity contribution is 5.16. The number of rotatable bonds is 2. The molecular weight excluding hydrogens is 256 g/mol. The number of ether oxygens (including phenoxy) is 1. The first-order chi connectivity index (χ1) is 8.96. The molecule has 8 nitrogen and oxygen atoms in total. The summed E-state index contributed by atoms with van der Waals surface area (Å²) in [5.74, 6) is 2.10. The Morgan fingerprint density at radius 3 is 2.68 bits per heavy atom. The maximum atomic E-state index is 11.7. The second-order valence-corrected chi connectivity index (χ2v) is 4.10. The molecule has 0 spiro atoms. The first-order valence-corrected chi connectivity index (χ1v) is 5.41. The number of hydrogen-bond acceptors (Lipinski definition) is 6. The molecule has 0 unspecified atom stereocenters. The summed E-state index contributed by atoms with van der Waals surface area (Å²) in [5, 5.41) is 28.7. The van der Waals surface area contributed by atoms with Gasteiger partial charge in [0.2, 0.25) is 5.72 Å². The predicted molar refractivity (Wildman–Crippen MR) is 62.1 cm³/mol. The Balaban J connectivity index is 2.59. The number of hydrogen-bond donors (Lipinski definition) is 4. The molecule has 1 fully saturated rings. The molecule has 19 heavy (non-hydrogen) atoms.